The summed E-state index contributed by atoms with van der Waals surface area (Å²) in [6.45, 7) is 1.23. The number of alkyl halides is 3. The molecule has 3 nitrogen and oxygen atoms in total. The second kappa shape index (κ2) is 4.49. The van der Waals surface area contributed by atoms with Gasteiger partial charge in [-0.2, -0.15) is 22.3 Å². The van der Waals surface area contributed by atoms with Gasteiger partial charge in [-0.1, -0.05) is 0 Å². The molecule has 0 radical (unpaired) electrons. The van der Waals surface area contributed by atoms with Crippen LogP contribution in [0.4, 0.5) is 17.6 Å². The summed E-state index contributed by atoms with van der Waals surface area (Å²) in [4.78, 5) is 3.52. The zero-order chi connectivity index (χ0) is 14.2. The SMILES string of the molecule is Cc1ccnc(-c2c(F)ccc[n+]2[O-])c1C(F)(F)F. The van der Waals surface area contributed by atoms with Crippen LogP contribution in [0.25, 0.3) is 11.4 Å². The average molecular weight is 272 g/mol. The normalized spacial score (nSPS) is 11.6. The van der Waals surface area contributed by atoms with E-state index in [2.05, 4.69) is 4.98 Å². The summed E-state index contributed by atoms with van der Waals surface area (Å²) in [7, 11) is 0. The summed E-state index contributed by atoms with van der Waals surface area (Å²) in [5.41, 5.74) is -2.68. The second-order valence-electron chi connectivity index (χ2n) is 3.88. The fraction of sp³-hybridized carbons (Fsp3) is 0.167. The van der Waals surface area contributed by atoms with Crippen LogP contribution in [0.2, 0.25) is 0 Å². The first-order valence-electron chi connectivity index (χ1n) is 5.23. The molecule has 2 aromatic heterocycles. The maximum atomic E-state index is 13.6. The van der Waals surface area contributed by atoms with Crippen LogP contribution in [0.15, 0.2) is 30.6 Å². The standard InChI is InChI=1S/C12H8F4N2O/c1-7-4-5-17-10(9(7)12(14,15)16)11-8(13)3-2-6-18(11)19/h2-6H,1H3. The summed E-state index contributed by atoms with van der Waals surface area (Å²) >= 11 is 0. The van der Waals surface area contributed by atoms with Crippen molar-refractivity contribution in [2.45, 2.75) is 13.1 Å². The van der Waals surface area contributed by atoms with E-state index in [1.807, 2.05) is 0 Å². The monoisotopic (exact) mass is 272 g/mol. The molecule has 2 heterocycles. The Balaban J connectivity index is 2.81. The summed E-state index contributed by atoms with van der Waals surface area (Å²) in [6.07, 6.45) is -2.70. The zero-order valence-corrected chi connectivity index (χ0v) is 9.70. The van der Waals surface area contributed by atoms with Gasteiger partial charge >= 0.3 is 6.18 Å². The van der Waals surface area contributed by atoms with Crippen molar-refractivity contribution in [1.82, 2.24) is 4.98 Å². The van der Waals surface area contributed by atoms with Crippen LogP contribution in [-0.4, -0.2) is 4.98 Å². The highest BCUT2D eigenvalue weighted by molar-refractivity contribution is 5.59. The van der Waals surface area contributed by atoms with Crippen molar-refractivity contribution in [3.8, 4) is 11.4 Å². The van der Waals surface area contributed by atoms with Gasteiger partial charge in [-0.05, 0) is 24.6 Å². The highest BCUT2D eigenvalue weighted by Gasteiger charge is 2.39. The Morgan fingerprint density at radius 2 is 1.95 bits per heavy atom. The summed E-state index contributed by atoms with van der Waals surface area (Å²) in [6, 6.07) is 3.17. The molecule has 0 atom stereocenters. The number of aromatic nitrogens is 2. The number of pyridine rings is 2. The third-order valence-corrected chi connectivity index (χ3v) is 2.58. The molecule has 0 fully saturated rings. The minimum absolute atomic E-state index is 0.0341. The van der Waals surface area contributed by atoms with Crippen molar-refractivity contribution in [3.05, 3.63) is 52.7 Å². The Kier molecular flexibility index (Phi) is 3.13. The molecule has 7 heteroatoms. The van der Waals surface area contributed by atoms with E-state index in [0.29, 0.717) is 0 Å². The van der Waals surface area contributed by atoms with Gasteiger partial charge in [0.25, 0.3) is 5.69 Å². The van der Waals surface area contributed by atoms with Crippen molar-refractivity contribution in [2.24, 2.45) is 0 Å². The van der Waals surface area contributed by atoms with E-state index in [4.69, 9.17) is 0 Å². The van der Waals surface area contributed by atoms with Gasteiger partial charge in [0.15, 0.2) is 17.7 Å². The number of rotatable bonds is 1. The van der Waals surface area contributed by atoms with Crippen LogP contribution in [0, 0.1) is 17.9 Å². The van der Waals surface area contributed by atoms with Gasteiger partial charge in [-0.15, -0.1) is 0 Å². The first-order chi connectivity index (χ1) is 8.82. The van der Waals surface area contributed by atoms with E-state index in [9.17, 15) is 22.8 Å². The van der Waals surface area contributed by atoms with Crippen molar-refractivity contribution in [3.63, 3.8) is 0 Å². The Labute approximate surface area is 105 Å². The molecule has 0 spiro atoms. The number of aryl methyl sites for hydroxylation is 1. The molecule has 0 amide bonds. The van der Waals surface area contributed by atoms with Crippen LogP contribution >= 0.6 is 0 Å². The second-order valence-corrected chi connectivity index (χ2v) is 3.88. The molecule has 0 N–H and O–H groups in total. The summed E-state index contributed by atoms with van der Waals surface area (Å²) in [5, 5.41) is 11.5. The zero-order valence-electron chi connectivity index (χ0n) is 9.70. The fourth-order valence-corrected chi connectivity index (χ4v) is 1.78. The van der Waals surface area contributed by atoms with Crippen LogP contribution < -0.4 is 4.73 Å². The molecule has 100 valence electrons. The molecule has 19 heavy (non-hydrogen) atoms. The lowest BCUT2D eigenvalue weighted by Gasteiger charge is -2.14. The van der Waals surface area contributed by atoms with E-state index >= 15 is 0 Å². The van der Waals surface area contributed by atoms with Gasteiger partial charge < -0.3 is 5.21 Å². The van der Waals surface area contributed by atoms with Crippen LogP contribution in [0.5, 0.6) is 0 Å². The van der Waals surface area contributed by atoms with Crippen LogP contribution in [-0.2, 0) is 6.18 Å². The van der Waals surface area contributed by atoms with Gasteiger partial charge in [0, 0.05) is 12.3 Å². The third-order valence-electron chi connectivity index (χ3n) is 2.58. The molecule has 0 unspecified atom stereocenters. The Hall–Kier alpha value is -2.18. The molecule has 0 saturated carbocycles. The van der Waals surface area contributed by atoms with Gasteiger partial charge in [-0.3, -0.25) is 0 Å². The van der Waals surface area contributed by atoms with E-state index < -0.39 is 28.9 Å². The van der Waals surface area contributed by atoms with Crippen molar-refractivity contribution in [1.29, 1.82) is 0 Å². The van der Waals surface area contributed by atoms with E-state index in [-0.39, 0.29) is 10.3 Å². The maximum absolute atomic E-state index is 13.6. The van der Waals surface area contributed by atoms with Crippen molar-refractivity contribution >= 4 is 0 Å². The number of hydrogen-bond acceptors (Lipinski definition) is 2. The molecule has 0 aliphatic heterocycles. The molecule has 0 aliphatic rings. The smallest absolute Gasteiger partial charge is 0.419 e. The molecular weight excluding hydrogens is 264 g/mol. The molecule has 0 aromatic carbocycles. The van der Waals surface area contributed by atoms with Crippen LogP contribution in [0.3, 0.4) is 0 Å². The molecule has 0 bridgehead atoms. The molecule has 0 aliphatic carbocycles. The maximum Gasteiger partial charge on any atom is 0.419 e. The summed E-state index contributed by atoms with van der Waals surface area (Å²) < 4.78 is 52.6. The Bertz CT molecular complexity index is 605. The minimum Gasteiger partial charge on any atom is -0.618 e. The molecule has 0 saturated heterocycles. The summed E-state index contributed by atoms with van der Waals surface area (Å²) in [5.74, 6) is -1.05. The highest BCUT2D eigenvalue weighted by atomic mass is 19.4. The van der Waals surface area contributed by atoms with E-state index in [0.717, 1.165) is 30.6 Å². The first kappa shape index (κ1) is 13.3. The Morgan fingerprint density at radius 3 is 2.53 bits per heavy atom. The number of halogens is 4. The van der Waals surface area contributed by atoms with Crippen molar-refractivity contribution in [2.75, 3.05) is 0 Å². The van der Waals surface area contributed by atoms with E-state index in [1.165, 1.54) is 6.92 Å². The number of nitrogens with zero attached hydrogens (tertiary/aromatic N) is 2. The van der Waals surface area contributed by atoms with Crippen LogP contribution in [0.1, 0.15) is 11.1 Å². The predicted octanol–water partition coefficient (Wildman–Crippen LogP) is 2.85. The van der Waals surface area contributed by atoms with Gasteiger partial charge in [0.05, 0.1) is 5.56 Å². The quantitative estimate of drug-likeness (QED) is 0.455. The van der Waals surface area contributed by atoms with Crippen molar-refractivity contribution < 1.29 is 22.3 Å². The predicted molar refractivity (Wildman–Crippen MR) is 58.3 cm³/mol. The van der Waals surface area contributed by atoms with Gasteiger partial charge in [0.1, 0.15) is 0 Å². The largest absolute Gasteiger partial charge is 0.618 e. The molecular formula is C12H8F4N2O. The van der Waals surface area contributed by atoms with Gasteiger partial charge in [-0.25, -0.2) is 4.98 Å². The molecule has 2 aromatic rings. The lowest BCUT2D eigenvalue weighted by molar-refractivity contribution is -0.595. The third kappa shape index (κ3) is 2.35. The Morgan fingerprint density at radius 1 is 1.26 bits per heavy atom. The first-order valence-corrected chi connectivity index (χ1v) is 5.23. The number of hydrogen-bond donors (Lipinski definition) is 0. The topological polar surface area (TPSA) is 39.8 Å². The fourth-order valence-electron chi connectivity index (χ4n) is 1.78. The lowest BCUT2D eigenvalue weighted by Crippen LogP contribution is -2.31. The lowest BCUT2D eigenvalue weighted by atomic mass is 10.0. The van der Waals surface area contributed by atoms with Gasteiger partial charge in [0.2, 0.25) is 0 Å². The molecule has 2 rings (SSSR count). The average Bonchev–Trinajstić information content (AvgIpc) is 2.26. The minimum atomic E-state index is -4.72. The highest BCUT2D eigenvalue weighted by Crippen LogP contribution is 2.37. The van der Waals surface area contributed by atoms with E-state index in [1.54, 1.807) is 0 Å².